The third-order valence-corrected chi connectivity index (χ3v) is 4.87. The molecule has 2 atom stereocenters. The normalized spacial score (nSPS) is 11.3. The highest BCUT2D eigenvalue weighted by Gasteiger charge is 2.18. The van der Waals surface area contributed by atoms with Gasteiger partial charge < -0.3 is 0 Å². The molecule has 0 bridgehead atoms. The highest BCUT2D eigenvalue weighted by molar-refractivity contribution is 5.29. The van der Waals surface area contributed by atoms with Crippen molar-refractivity contribution in [3.05, 3.63) is 71.3 Å². The second kappa shape index (κ2) is 19.4. The summed E-state index contributed by atoms with van der Waals surface area (Å²) in [6.45, 7) is 15.8. The van der Waals surface area contributed by atoms with Crippen molar-refractivity contribution in [2.45, 2.75) is 117 Å². The van der Waals surface area contributed by atoms with Crippen molar-refractivity contribution < 1.29 is 0 Å². The minimum atomic E-state index is 0. The lowest BCUT2D eigenvalue weighted by Gasteiger charge is -2.23. The molecule has 2 unspecified atom stereocenters. The Kier molecular flexibility index (Phi) is 25.2. The second-order valence-electron chi connectivity index (χ2n) is 8.44. The molecule has 0 saturated carbocycles. The lowest BCUT2D eigenvalue weighted by atomic mass is 9.81. The molecule has 0 amide bonds. The van der Waals surface area contributed by atoms with Crippen LogP contribution in [-0.4, -0.2) is 0 Å². The van der Waals surface area contributed by atoms with Gasteiger partial charge in [0.05, 0.1) is 0 Å². The molecular formula is C30H58. The zero-order valence-electron chi connectivity index (χ0n) is 17.5. The molecule has 0 spiro atoms. The van der Waals surface area contributed by atoms with Crippen molar-refractivity contribution >= 4 is 0 Å². The van der Waals surface area contributed by atoms with Gasteiger partial charge in [-0.1, -0.05) is 145 Å². The lowest BCUT2D eigenvalue weighted by molar-refractivity contribution is 0.373. The van der Waals surface area contributed by atoms with E-state index in [4.69, 9.17) is 0 Å². The summed E-state index contributed by atoms with van der Waals surface area (Å²) in [6.07, 6.45) is 3.83. The molecule has 0 nitrogen and oxygen atoms in total. The van der Waals surface area contributed by atoms with Gasteiger partial charge in [0, 0.05) is 0 Å². The average molecular weight is 419 g/mol. The van der Waals surface area contributed by atoms with Crippen LogP contribution < -0.4 is 0 Å². The number of benzene rings is 2. The van der Waals surface area contributed by atoms with E-state index in [0.29, 0.717) is 17.3 Å². The Morgan fingerprint density at radius 3 is 1.50 bits per heavy atom. The number of aryl methyl sites for hydroxylation is 1. The van der Waals surface area contributed by atoms with Crippen molar-refractivity contribution in [2.75, 3.05) is 0 Å². The molecule has 0 aliphatic carbocycles. The lowest BCUT2D eigenvalue weighted by Crippen LogP contribution is -2.07. The van der Waals surface area contributed by atoms with Gasteiger partial charge in [0.15, 0.2) is 0 Å². The maximum Gasteiger partial charge on any atom is -0.00984 e. The van der Waals surface area contributed by atoms with Gasteiger partial charge in [-0.05, 0) is 48.1 Å². The minimum absolute atomic E-state index is 0. The van der Waals surface area contributed by atoms with Crippen LogP contribution in [0.5, 0.6) is 0 Å². The largest absolute Gasteiger partial charge is 0.0776 e. The molecule has 0 heterocycles. The Morgan fingerprint density at radius 1 is 0.700 bits per heavy atom. The molecule has 0 aromatic heterocycles. The fraction of sp³-hybridized carbons (Fsp3) is 0.600. The van der Waals surface area contributed by atoms with Crippen LogP contribution in [0.2, 0.25) is 0 Å². The topological polar surface area (TPSA) is 0 Å². The van der Waals surface area contributed by atoms with Gasteiger partial charge in [-0.2, -0.15) is 0 Å². The van der Waals surface area contributed by atoms with Gasteiger partial charge in [-0.3, -0.25) is 0 Å². The number of hydrogen-bond acceptors (Lipinski definition) is 0. The second-order valence-corrected chi connectivity index (χ2v) is 8.44. The predicted octanol–water partition coefficient (Wildman–Crippen LogP) is 11.3. The monoisotopic (exact) mass is 418 g/mol. The van der Waals surface area contributed by atoms with Gasteiger partial charge in [-0.15, -0.1) is 0 Å². The molecule has 2 aromatic carbocycles. The highest BCUT2D eigenvalue weighted by Crippen LogP contribution is 2.35. The Hall–Kier alpha value is -1.56. The summed E-state index contributed by atoms with van der Waals surface area (Å²) in [6, 6.07) is 19.8. The van der Waals surface area contributed by atoms with Gasteiger partial charge >= 0.3 is 0 Å². The van der Waals surface area contributed by atoms with E-state index in [9.17, 15) is 0 Å². The smallest absolute Gasteiger partial charge is 0.00984 e. The van der Waals surface area contributed by atoms with Crippen LogP contribution in [0.3, 0.4) is 0 Å². The number of rotatable bonds is 5. The van der Waals surface area contributed by atoms with Crippen LogP contribution in [0.25, 0.3) is 0 Å². The van der Waals surface area contributed by atoms with E-state index in [1.54, 1.807) is 0 Å². The first-order valence-corrected chi connectivity index (χ1v) is 9.90. The van der Waals surface area contributed by atoms with Crippen LogP contribution in [0.4, 0.5) is 0 Å². The molecule has 0 saturated heterocycles. The van der Waals surface area contributed by atoms with Crippen LogP contribution in [0, 0.1) is 12.3 Å². The third kappa shape index (κ3) is 14.4. The predicted molar refractivity (Wildman–Crippen MR) is 147 cm³/mol. The highest BCUT2D eigenvalue weighted by atomic mass is 14.2. The summed E-state index contributed by atoms with van der Waals surface area (Å²) < 4.78 is 0. The van der Waals surface area contributed by atoms with E-state index in [-0.39, 0.29) is 37.1 Å². The molecule has 0 aliphatic heterocycles. The van der Waals surface area contributed by atoms with Crippen molar-refractivity contribution in [1.82, 2.24) is 0 Å². The molecule has 2 rings (SSSR count). The van der Waals surface area contributed by atoms with E-state index in [1.807, 2.05) is 0 Å². The summed E-state index contributed by atoms with van der Waals surface area (Å²) in [5.74, 6) is 1.17. The minimum Gasteiger partial charge on any atom is -0.0776 e. The molecule has 2 aromatic rings. The summed E-state index contributed by atoms with van der Waals surface area (Å²) >= 11 is 0. The summed E-state index contributed by atoms with van der Waals surface area (Å²) in [7, 11) is 0. The Balaban J connectivity index is -0.000000154. The van der Waals surface area contributed by atoms with E-state index in [2.05, 4.69) is 103 Å². The zero-order chi connectivity index (χ0) is 18.9. The maximum atomic E-state index is 2.34. The first-order chi connectivity index (χ1) is 11.8. The van der Waals surface area contributed by atoms with Crippen molar-refractivity contribution in [2.24, 2.45) is 5.41 Å². The molecular weight excluding hydrogens is 360 g/mol. The quantitative estimate of drug-likeness (QED) is 0.452. The van der Waals surface area contributed by atoms with E-state index >= 15 is 0 Å². The number of hydrogen-bond donors (Lipinski definition) is 0. The van der Waals surface area contributed by atoms with Gasteiger partial charge in [0.2, 0.25) is 0 Å². The zero-order valence-corrected chi connectivity index (χ0v) is 17.5. The SMILES string of the molecule is C.C.C.C.C.CCC(c1ccccc1)C(C)c1ccc(C)cc1.CCCC(C)(C)C. The van der Waals surface area contributed by atoms with Crippen LogP contribution >= 0.6 is 0 Å². The van der Waals surface area contributed by atoms with Gasteiger partial charge in [-0.25, -0.2) is 0 Å². The summed E-state index contributed by atoms with van der Waals surface area (Å²) in [4.78, 5) is 0. The Bertz CT molecular complexity index is 572. The Morgan fingerprint density at radius 2 is 1.17 bits per heavy atom. The van der Waals surface area contributed by atoms with Crippen LogP contribution in [0.15, 0.2) is 54.6 Å². The molecule has 0 radical (unpaired) electrons. The molecule has 0 heteroatoms. The summed E-state index contributed by atoms with van der Waals surface area (Å²) in [5, 5.41) is 0. The van der Waals surface area contributed by atoms with Crippen molar-refractivity contribution in [1.29, 1.82) is 0 Å². The fourth-order valence-corrected chi connectivity index (χ4v) is 3.43. The molecule has 0 aliphatic rings. The third-order valence-electron chi connectivity index (χ3n) is 4.87. The van der Waals surface area contributed by atoms with E-state index < -0.39 is 0 Å². The van der Waals surface area contributed by atoms with E-state index in [0.717, 1.165) is 0 Å². The standard InChI is InChI=1S/C18H22.C7H16.5CH4/c1-4-18(17-8-6-5-7-9-17)15(3)16-12-10-14(2)11-13-16;1-5-6-7(2,3)4;;;;;/h5-13,15,18H,4H2,1-3H3;5-6H2,1-4H3;5*1H4. The Labute approximate surface area is 193 Å². The molecule has 30 heavy (non-hydrogen) atoms. The van der Waals surface area contributed by atoms with Crippen molar-refractivity contribution in [3.8, 4) is 0 Å². The first kappa shape index (κ1) is 39.0. The fourth-order valence-electron chi connectivity index (χ4n) is 3.43. The van der Waals surface area contributed by atoms with Gasteiger partial charge in [0.25, 0.3) is 0 Å². The average Bonchev–Trinajstić information content (AvgIpc) is 2.56. The van der Waals surface area contributed by atoms with Crippen LogP contribution in [0.1, 0.15) is 126 Å². The van der Waals surface area contributed by atoms with E-state index in [1.165, 1.54) is 36.0 Å². The van der Waals surface area contributed by atoms with Crippen LogP contribution in [-0.2, 0) is 0 Å². The first-order valence-electron chi connectivity index (χ1n) is 9.90. The summed E-state index contributed by atoms with van der Waals surface area (Å²) in [5.41, 5.74) is 4.78. The molecule has 178 valence electrons. The van der Waals surface area contributed by atoms with Gasteiger partial charge in [0.1, 0.15) is 0 Å². The molecule has 0 fully saturated rings. The molecule has 0 N–H and O–H groups in total. The maximum absolute atomic E-state index is 2.34. The van der Waals surface area contributed by atoms with Crippen molar-refractivity contribution in [3.63, 3.8) is 0 Å².